The molecular formula is C26H25N3O4. The Bertz CT molecular complexity index is 1340. The summed E-state index contributed by atoms with van der Waals surface area (Å²) in [5.74, 6) is -1.40. The first-order valence-electron chi connectivity index (χ1n) is 11.1. The summed E-state index contributed by atoms with van der Waals surface area (Å²) < 4.78 is 12.7. The number of hydrogen-bond acceptors (Lipinski definition) is 5. The maximum absolute atomic E-state index is 13.8. The van der Waals surface area contributed by atoms with Gasteiger partial charge < -0.3 is 14.0 Å². The van der Waals surface area contributed by atoms with E-state index in [1.165, 1.54) is 0 Å². The average Bonchev–Trinajstić information content (AvgIpc) is 3.22. The Balaban J connectivity index is 1.82. The summed E-state index contributed by atoms with van der Waals surface area (Å²) in [6.07, 6.45) is 0. The molecule has 0 unspecified atom stereocenters. The first-order chi connectivity index (χ1) is 16.2. The number of benzene rings is 3. The second kappa shape index (κ2) is 8.67. The van der Waals surface area contributed by atoms with E-state index >= 15 is 0 Å². The van der Waals surface area contributed by atoms with Gasteiger partial charge in [-0.05, 0) is 35.4 Å². The van der Waals surface area contributed by atoms with Crippen molar-refractivity contribution in [3.8, 4) is 0 Å². The Labute approximate surface area is 191 Å². The van der Waals surface area contributed by atoms with E-state index in [0.29, 0.717) is 12.6 Å². The summed E-state index contributed by atoms with van der Waals surface area (Å²) in [7, 11) is 1.58. The van der Waals surface area contributed by atoms with E-state index in [1.807, 2.05) is 71.3 Å². The van der Waals surface area contributed by atoms with Gasteiger partial charge in [0.05, 0.1) is 36.8 Å². The SMILES string of the molecule is CCOC(=O)[C@H]1C(=O)N(CCOC)c2nc3ccccc3n2[C@H]1c1cccc2ccccc12. The molecule has 1 aliphatic heterocycles. The quantitative estimate of drug-likeness (QED) is 0.333. The molecule has 3 aromatic carbocycles. The van der Waals surface area contributed by atoms with Gasteiger partial charge in [-0.15, -0.1) is 0 Å². The highest BCUT2D eigenvalue weighted by Gasteiger charge is 2.48. The number of aromatic nitrogens is 2. The third-order valence-electron chi connectivity index (χ3n) is 6.15. The maximum Gasteiger partial charge on any atom is 0.321 e. The van der Waals surface area contributed by atoms with Crippen LogP contribution >= 0.6 is 0 Å². The molecular weight excluding hydrogens is 418 g/mol. The zero-order valence-corrected chi connectivity index (χ0v) is 18.6. The second-order valence-electron chi connectivity index (χ2n) is 8.00. The number of ether oxygens (including phenoxy) is 2. The Morgan fingerprint density at radius 3 is 2.61 bits per heavy atom. The first kappa shape index (κ1) is 21.2. The molecule has 0 spiro atoms. The number of fused-ring (bicyclic) bond motifs is 4. The first-order valence-corrected chi connectivity index (χ1v) is 11.1. The third kappa shape index (κ3) is 3.45. The summed E-state index contributed by atoms with van der Waals surface area (Å²) in [5, 5.41) is 2.03. The number of carbonyl (C=O) groups excluding carboxylic acids is 2. The van der Waals surface area contributed by atoms with E-state index < -0.39 is 17.9 Å². The molecule has 7 heteroatoms. The van der Waals surface area contributed by atoms with E-state index in [-0.39, 0.29) is 19.1 Å². The average molecular weight is 444 g/mol. The van der Waals surface area contributed by atoms with Crippen LogP contribution < -0.4 is 4.90 Å². The molecule has 7 nitrogen and oxygen atoms in total. The fourth-order valence-corrected chi connectivity index (χ4v) is 4.73. The molecule has 0 radical (unpaired) electrons. The largest absolute Gasteiger partial charge is 0.465 e. The highest BCUT2D eigenvalue weighted by atomic mass is 16.5. The minimum Gasteiger partial charge on any atom is -0.465 e. The molecule has 2 atom stereocenters. The highest BCUT2D eigenvalue weighted by Crippen LogP contribution is 2.43. The molecule has 1 amide bonds. The minimum absolute atomic E-state index is 0.195. The second-order valence-corrected chi connectivity index (χ2v) is 8.00. The number of rotatable bonds is 6. The molecule has 0 saturated carbocycles. The van der Waals surface area contributed by atoms with Gasteiger partial charge >= 0.3 is 5.97 Å². The molecule has 168 valence electrons. The van der Waals surface area contributed by atoms with E-state index in [9.17, 15) is 9.59 Å². The molecule has 0 saturated heterocycles. The van der Waals surface area contributed by atoms with Crippen LogP contribution in [0.15, 0.2) is 66.7 Å². The van der Waals surface area contributed by atoms with Gasteiger partial charge in [-0.2, -0.15) is 0 Å². The predicted octanol–water partition coefficient (Wildman–Crippen LogP) is 3.95. The van der Waals surface area contributed by atoms with E-state index in [4.69, 9.17) is 14.5 Å². The monoisotopic (exact) mass is 443 g/mol. The van der Waals surface area contributed by atoms with Crippen molar-refractivity contribution < 1.29 is 19.1 Å². The molecule has 0 N–H and O–H groups in total. The molecule has 1 aromatic heterocycles. The number of esters is 1. The Morgan fingerprint density at radius 1 is 1.03 bits per heavy atom. The molecule has 0 bridgehead atoms. The zero-order chi connectivity index (χ0) is 22.9. The lowest BCUT2D eigenvalue weighted by atomic mass is 9.86. The summed E-state index contributed by atoms with van der Waals surface area (Å²) in [6, 6.07) is 21.1. The van der Waals surface area contributed by atoms with Gasteiger partial charge in [0.25, 0.3) is 0 Å². The van der Waals surface area contributed by atoms with Gasteiger partial charge in [0.1, 0.15) is 0 Å². The van der Waals surface area contributed by atoms with Crippen LogP contribution in [0.1, 0.15) is 18.5 Å². The minimum atomic E-state index is -1.04. The third-order valence-corrected chi connectivity index (χ3v) is 6.15. The van der Waals surface area contributed by atoms with Crippen LogP contribution in [0.25, 0.3) is 21.8 Å². The van der Waals surface area contributed by atoms with Crippen LogP contribution in [0.2, 0.25) is 0 Å². The van der Waals surface area contributed by atoms with Crippen molar-refractivity contribution in [2.45, 2.75) is 13.0 Å². The van der Waals surface area contributed by atoms with E-state index in [1.54, 1.807) is 18.9 Å². The van der Waals surface area contributed by atoms with Crippen molar-refractivity contribution in [3.05, 3.63) is 72.3 Å². The number of nitrogens with zero attached hydrogens (tertiary/aromatic N) is 3. The molecule has 2 heterocycles. The van der Waals surface area contributed by atoms with Crippen LogP contribution in [-0.4, -0.2) is 48.3 Å². The fraction of sp³-hybridized carbons (Fsp3) is 0.269. The van der Waals surface area contributed by atoms with Crippen molar-refractivity contribution in [2.75, 3.05) is 31.8 Å². The van der Waals surface area contributed by atoms with E-state index in [0.717, 1.165) is 27.4 Å². The van der Waals surface area contributed by atoms with Crippen molar-refractivity contribution in [2.24, 2.45) is 5.92 Å². The maximum atomic E-state index is 13.8. The molecule has 0 fully saturated rings. The van der Waals surface area contributed by atoms with Crippen molar-refractivity contribution in [1.82, 2.24) is 9.55 Å². The van der Waals surface area contributed by atoms with Gasteiger partial charge in [-0.3, -0.25) is 14.5 Å². The van der Waals surface area contributed by atoms with Gasteiger partial charge in [-0.25, -0.2) is 4.98 Å². The lowest BCUT2D eigenvalue weighted by Gasteiger charge is -2.38. The number of para-hydroxylation sites is 2. The zero-order valence-electron chi connectivity index (χ0n) is 18.6. The predicted molar refractivity (Wildman–Crippen MR) is 126 cm³/mol. The smallest absolute Gasteiger partial charge is 0.321 e. The van der Waals surface area contributed by atoms with Crippen LogP contribution in [0.3, 0.4) is 0 Å². The van der Waals surface area contributed by atoms with Gasteiger partial charge in [0, 0.05) is 7.11 Å². The topological polar surface area (TPSA) is 73.7 Å². The van der Waals surface area contributed by atoms with Crippen molar-refractivity contribution >= 4 is 39.6 Å². The van der Waals surface area contributed by atoms with Gasteiger partial charge in [0.15, 0.2) is 5.92 Å². The molecule has 33 heavy (non-hydrogen) atoms. The van der Waals surface area contributed by atoms with Crippen molar-refractivity contribution in [3.63, 3.8) is 0 Å². The Morgan fingerprint density at radius 2 is 1.79 bits per heavy atom. The lowest BCUT2D eigenvalue weighted by Crippen LogP contribution is -2.51. The summed E-state index contributed by atoms with van der Waals surface area (Å²) in [4.78, 5) is 33.4. The summed E-state index contributed by atoms with van der Waals surface area (Å²) >= 11 is 0. The molecule has 0 aliphatic carbocycles. The summed E-state index contributed by atoms with van der Waals surface area (Å²) in [5.41, 5.74) is 2.50. The normalized spacial score (nSPS) is 18.0. The standard InChI is InChI=1S/C26H25N3O4/c1-3-33-25(31)22-23(19-12-8-10-17-9-4-5-11-18(17)19)29-21-14-7-6-13-20(21)27-26(29)28(24(22)30)15-16-32-2/h4-14,22-23H,3,15-16H2,1-2H3/t22-,23+/m1/s1. The molecule has 1 aliphatic rings. The van der Waals surface area contributed by atoms with Crippen LogP contribution in [0, 0.1) is 5.92 Å². The molecule has 4 aromatic rings. The number of carbonyl (C=O) groups is 2. The number of hydrogen-bond donors (Lipinski definition) is 0. The number of anilines is 1. The Hall–Kier alpha value is -3.71. The number of methoxy groups -OCH3 is 1. The molecule has 5 rings (SSSR count). The summed E-state index contributed by atoms with van der Waals surface area (Å²) in [6.45, 7) is 2.56. The Kier molecular flexibility index (Phi) is 5.56. The van der Waals surface area contributed by atoms with Gasteiger partial charge in [0.2, 0.25) is 11.9 Å². The van der Waals surface area contributed by atoms with Crippen LogP contribution in [0.4, 0.5) is 5.95 Å². The fourth-order valence-electron chi connectivity index (χ4n) is 4.73. The number of amides is 1. The van der Waals surface area contributed by atoms with Crippen molar-refractivity contribution in [1.29, 1.82) is 0 Å². The van der Waals surface area contributed by atoms with E-state index in [2.05, 4.69) is 0 Å². The van der Waals surface area contributed by atoms with Gasteiger partial charge in [-0.1, -0.05) is 54.6 Å². The van der Waals surface area contributed by atoms with Crippen LogP contribution in [-0.2, 0) is 19.1 Å². The highest BCUT2D eigenvalue weighted by molar-refractivity contribution is 6.09. The van der Waals surface area contributed by atoms with Crippen LogP contribution in [0.5, 0.6) is 0 Å². The number of imidazole rings is 1. The lowest BCUT2D eigenvalue weighted by molar-refractivity contribution is -0.153.